The molecule has 7 heteroatoms. The Balaban J connectivity index is 1.67. The first-order valence-corrected chi connectivity index (χ1v) is 11.3. The highest BCUT2D eigenvalue weighted by Crippen LogP contribution is 2.47. The third kappa shape index (κ3) is 4.20. The monoisotopic (exact) mass is 451 g/mol. The summed E-state index contributed by atoms with van der Waals surface area (Å²) >= 11 is 6.53. The number of ketones is 1. The molecule has 4 rings (SSSR count). The number of hydrogen-bond donors (Lipinski definition) is 0. The van der Waals surface area contributed by atoms with E-state index >= 15 is 0 Å². The van der Waals surface area contributed by atoms with Crippen molar-refractivity contribution in [3.05, 3.63) is 70.6 Å². The Morgan fingerprint density at radius 1 is 1.10 bits per heavy atom. The van der Waals surface area contributed by atoms with Gasteiger partial charge in [0, 0.05) is 5.56 Å². The van der Waals surface area contributed by atoms with Gasteiger partial charge in [-0.1, -0.05) is 79.4 Å². The number of esters is 1. The van der Waals surface area contributed by atoms with E-state index in [0.29, 0.717) is 34.2 Å². The summed E-state index contributed by atoms with van der Waals surface area (Å²) in [5.74, 6) is -1.69. The van der Waals surface area contributed by atoms with Crippen molar-refractivity contribution in [2.45, 2.75) is 26.3 Å². The number of allylic oxidation sites excluding steroid dienone is 1. The molecule has 2 aromatic rings. The molecule has 2 aromatic carbocycles. The summed E-state index contributed by atoms with van der Waals surface area (Å²) in [6, 6.07) is 17.2. The number of thioether (sulfide) groups is 1. The van der Waals surface area contributed by atoms with Crippen LogP contribution in [-0.2, 0) is 25.7 Å². The van der Waals surface area contributed by atoms with Crippen LogP contribution >= 0.6 is 24.0 Å². The highest BCUT2D eigenvalue weighted by Gasteiger charge is 2.43. The lowest BCUT2D eigenvalue weighted by Crippen LogP contribution is -2.26. The number of rotatable bonds is 6. The van der Waals surface area contributed by atoms with Crippen molar-refractivity contribution in [2.75, 3.05) is 11.5 Å². The summed E-state index contributed by atoms with van der Waals surface area (Å²) in [6.07, 6.45) is 0.617. The smallest absolute Gasteiger partial charge is 0.306 e. The molecule has 0 N–H and O–H groups in total. The van der Waals surface area contributed by atoms with Crippen molar-refractivity contribution >= 4 is 57.1 Å². The van der Waals surface area contributed by atoms with Crippen LogP contribution in [0, 0.1) is 5.92 Å². The van der Waals surface area contributed by atoms with Gasteiger partial charge in [-0.3, -0.25) is 14.4 Å². The van der Waals surface area contributed by atoms with E-state index in [1.807, 2.05) is 61.5 Å². The first kappa shape index (κ1) is 21.5. The average molecular weight is 452 g/mol. The number of fused-ring (bicyclic) bond motifs is 1. The predicted molar refractivity (Wildman–Crippen MR) is 126 cm³/mol. The van der Waals surface area contributed by atoms with Crippen molar-refractivity contribution in [1.29, 1.82) is 0 Å². The lowest BCUT2D eigenvalue weighted by atomic mass is 9.98. The molecule has 2 heterocycles. The average Bonchev–Trinajstić information content (AvgIpc) is 3.20. The maximum absolute atomic E-state index is 13.4. The number of para-hydroxylation sites is 1. The summed E-state index contributed by atoms with van der Waals surface area (Å²) in [7, 11) is 0. The second kappa shape index (κ2) is 9.16. The van der Waals surface area contributed by atoms with Gasteiger partial charge in [0.15, 0.2) is 5.78 Å². The number of amides is 1. The molecule has 5 nitrogen and oxygen atoms in total. The van der Waals surface area contributed by atoms with Crippen LogP contribution in [0.2, 0.25) is 0 Å². The fourth-order valence-electron chi connectivity index (χ4n) is 3.70. The first-order chi connectivity index (χ1) is 15.0. The van der Waals surface area contributed by atoms with Gasteiger partial charge in [-0.05, 0) is 18.1 Å². The maximum Gasteiger partial charge on any atom is 0.306 e. The molecule has 0 aliphatic carbocycles. The Labute approximate surface area is 190 Å². The topological polar surface area (TPSA) is 63.7 Å². The minimum Gasteiger partial charge on any atom is -0.466 e. The third-order valence-electron chi connectivity index (χ3n) is 5.20. The summed E-state index contributed by atoms with van der Waals surface area (Å²) in [5.41, 5.74) is 2.85. The van der Waals surface area contributed by atoms with E-state index < -0.39 is 11.9 Å². The van der Waals surface area contributed by atoms with Crippen LogP contribution in [0.5, 0.6) is 0 Å². The van der Waals surface area contributed by atoms with Crippen molar-refractivity contribution in [1.82, 2.24) is 0 Å². The fraction of sp³-hybridized carbons (Fsp3) is 0.250. The van der Waals surface area contributed by atoms with Crippen LogP contribution in [0.25, 0.3) is 5.57 Å². The van der Waals surface area contributed by atoms with Gasteiger partial charge in [-0.15, -0.1) is 0 Å². The molecule has 0 bridgehead atoms. The van der Waals surface area contributed by atoms with E-state index in [1.54, 1.807) is 4.90 Å². The summed E-state index contributed by atoms with van der Waals surface area (Å²) < 4.78 is 5.53. The Hall–Kier alpha value is -2.77. The van der Waals surface area contributed by atoms with E-state index in [2.05, 4.69) is 0 Å². The number of carbonyl (C=O) groups is 3. The summed E-state index contributed by atoms with van der Waals surface area (Å²) in [5, 5.41) is 0. The SMILES string of the molecule is CCCOC(=O)CC1C(=O)C(=C2C(=O)N(Cc3ccccc3)c3ccccc32)SC1=S. The van der Waals surface area contributed by atoms with Crippen molar-refractivity contribution < 1.29 is 19.1 Å². The molecule has 31 heavy (non-hydrogen) atoms. The van der Waals surface area contributed by atoms with Crippen molar-refractivity contribution in [2.24, 2.45) is 5.92 Å². The molecular formula is C24H21NO4S2. The second-order valence-corrected chi connectivity index (χ2v) is 9.11. The van der Waals surface area contributed by atoms with Crippen LogP contribution in [0.1, 0.15) is 30.9 Å². The van der Waals surface area contributed by atoms with E-state index in [4.69, 9.17) is 17.0 Å². The normalized spacial score (nSPS) is 20.4. The first-order valence-electron chi connectivity index (χ1n) is 10.1. The Bertz CT molecular complexity index is 1090. The van der Waals surface area contributed by atoms with Gasteiger partial charge >= 0.3 is 5.97 Å². The lowest BCUT2D eigenvalue weighted by Gasteiger charge is -2.17. The van der Waals surface area contributed by atoms with Gasteiger partial charge in [0.2, 0.25) is 0 Å². The van der Waals surface area contributed by atoms with Gasteiger partial charge in [0.25, 0.3) is 5.91 Å². The minimum atomic E-state index is -0.741. The van der Waals surface area contributed by atoms with Gasteiger partial charge in [-0.2, -0.15) is 0 Å². The molecule has 1 atom stereocenters. The van der Waals surface area contributed by atoms with Crippen LogP contribution in [0.3, 0.4) is 0 Å². The molecule has 1 fully saturated rings. The molecule has 0 spiro atoms. The van der Waals surface area contributed by atoms with Crippen molar-refractivity contribution in [3.63, 3.8) is 0 Å². The van der Waals surface area contributed by atoms with E-state index in [1.165, 1.54) is 0 Å². The molecule has 2 aliphatic rings. The molecule has 1 amide bonds. The number of benzene rings is 2. The molecule has 2 aliphatic heterocycles. The largest absolute Gasteiger partial charge is 0.466 e. The minimum absolute atomic E-state index is 0.0922. The molecule has 1 unspecified atom stereocenters. The van der Waals surface area contributed by atoms with Crippen LogP contribution in [0.4, 0.5) is 5.69 Å². The molecule has 1 saturated heterocycles. The number of nitrogens with zero attached hydrogens (tertiary/aromatic N) is 1. The van der Waals surface area contributed by atoms with Crippen LogP contribution in [-0.4, -0.2) is 28.5 Å². The zero-order valence-electron chi connectivity index (χ0n) is 17.0. The number of thiocarbonyl (C=S) groups is 1. The number of ether oxygens (including phenoxy) is 1. The zero-order chi connectivity index (χ0) is 22.0. The van der Waals surface area contributed by atoms with Crippen LogP contribution < -0.4 is 4.90 Å². The number of carbonyl (C=O) groups excluding carboxylic acids is 3. The Kier molecular flexibility index (Phi) is 6.34. The summed E-state index contributed by atoms with van der Waals surface area (Å²) in [6.45, 7) is 2.62. The number of hydrogen-bond acceptors (Lipinski definition) is 6. The Morgan fingerprint density at radius 2 is 1.81 bits per heavy atom. The molecule has 0 saturated carbocycles. The number of Topliss-reactive ketones (excluding diaryl/α,β-unsaturated/α-hetero) is 1. The molecular weight excluding hydrogens is 430 g/mol. The fourth-order valence-corrected chi connectivity index (χ4v) is 5.22. The van der Waals surface area contributed by atoms with E-state index in [0.717, 1.165) is 28.6 Å². The molecule has 0 aromatic heterocycles. The molecule has 0 radical (unpaired) electrons. The standard InChI is InChI=1S/C24H21NO4S2/c1-2-12-29-19(26)13-17-21(27)22(31-24(17)30)20-16-10-6-7-11-18(16)25(23(20)28)14-15-8-4-3-5-9-15/h3-11,17H,2,12-14H2,1H3. The van der Waals surface area contributed by atoms with Gasteiger partial charge in [0.1, 0.15) is 0 Å². The highest BCUT2D eigenvalue weighted by atomic mass is 32.2. The number of anilines is 1. The third-order valence-corrected chi connectivity index (χ3v) is 6.83. The predicted octanol–water partition coefficient (Wildman–Crippen LogP) is 4.55. The van der Waals surface area contributed by atoms with Gasteiger partial charge < -0.3 is 9.64 Å². The van der Waals surface area contributed by atoms with Gasteiger partial charge in [-0.25, -0.2) is 0 Å². The van der Waals surface area contributed by atoms with Gasteiger partial charge in [0.05, 0.1) is 45.9 Å². The zero-order valence-corrected chi connectivity index (χ0v) is 18.6. The van der Waals surface area contributed by atoms with E-state index in [-0.39, 0.29) is 18.1 Å². The molecule has 158 valence electrons. The maximum atomic E-state index is 13.4. The second-order valence-electron chi connectivity index (χ2n) is 7.36. The highest BCUT2D eigenvalue weighted by molar-refractivity contribution is 8.27. The lowest BCUT2D eigenvalue weighted by molar-refractivity contribution is -0.145. The quantitative estimate of drug-likeness (QED) is 0.365. The Morgan fingerprint density at radius 3 is 2.55 bits per heavy atom. The van der Waals surface area contributed by atoms with Crippen molar-refractivity contribution in [3.8, 4) is 0 Å². The van der Waals surface area contributed by atoms with Crippen LogP contribution in [0.15, 0.2) is 59.5 Å². The summed E-state index contributed by atoms with van der Waals surface area (Å²) in [4.78, 5) is 40.7. The van der Waals surface area contributed by atoms with E-state index in [9.17, 15) is 14.4 Å².